The van der Waals surface area contributed by atoms with Crippen molar-refractivity contribution in [1.82, 2.24) is 4.90 Å². The van der Waals surface area contributed by atoms with Crippen LogP contribution in [0.3, 0.4) is 0 Å². The van der Waals surface area contributed by atoms with Crippen molar-refractivity contribution in [2.24, 2.45) is 5.73 Å². The van der Waals surface area contributed by atoms with Crippen molar-refractivity contribution in [2.45, 2.75) is 6.04 Å². The monoisotopic (exact) mass is 250 g/mol. The van der Waals surface area contributed by atoms with Gasteiger partial charge in [-0.05, 0) is 19.2 Å². The lowest BCUT2D eigenvalue weighted by molar-refractivity contribution is -0.384. The van der Waals surface area contributed by atoms with E-state index in [0.29, 0.717) is 6.54 Å². The van der Waals surface area contributed by atoms with Crippen LogP contribution in [0.2, 0.25) is 0 Å². The van der Waals surface area contributed by atoms with Crippen LogP contribution in [0.1, 0.15) is 0 Å². The standard InChI is InChI=1S/C12H18N4O2/c1-14-6-7-15(12(8-13)9-14)10-2-4-11(5-3-10)16(17)18/h2-5,12H,6-9,13H2,1H3. The van der Waals surface area contributed by atoms with Gasteiger partial charge in [-0.2, -0.15) is 0 Å². The number of non-ortho nitro benzene ring substituents is 1. The Morgan fingerprint density at radius 1 is 1.39 bits per heavy atom. The first-order valence-corrected chi connectivity index (χ1v) is 6.01. The summed E-state index contributed by atoms with van der Waals surface area (Å²) >= 11 is 0. The highest BCUT2D eigenvalue weighted by atomic mass is 16.6. The molecule has 0 radical (unpaired) electrons. The predicted molar refractivity (Wildman–Crippen MR) is 70.8 cm³/mol. The second-order valence-electron chi connectivity index (χ2n) is 4.62. The molecule has 18 heavy (non-hydrogen) atoms. The highest BCUT2D eigenvalue weighted by Gasteiger charge is 2.24. The van der Waals surface area contributed by atoms with Gasteiger partial charge in [0.2, 0.25) is 0 Å². The summed E-state index contributed by atoms with van der Waals surface area (Å²) in [6.45, 7) is 3.39. The number of hydrogen-bond donors (Lipinski definition) is 1. The molecule has 1 unspecified atom stereocenters. The zero-order valence-electron chi connectivity index (χ0n) is 10.5. The fraction of sp³-hybridized carbons (Fsp3) is 0.500. The Kier molecular flexibility index (Phi) is 3.78. The number of nitro groups is 1. The molecule has 0 aromatic heterocycles. The van der Waals surface area contributed by atoms with Gasteiger partial charge in [0.25, 0.3) is 5.69 Å². The van der Waals surface area contributed by atoms with Gasteiger partial charge in [0.15, 0.2) is 0 Å². The molecule has 1 fully saturated rings. The van der Waals surface area contributed by atoms with Crippen LogP contribution in [0, 0.1) is 10.1 Å². The van der Waals surface area contributed by atoms with Crippen LogP contribution < -0.4 is 10.6 Å². The minimum atomic E-state index is -0.381. The lowest BCUT2D eigenvalue weighted by Gasteiger charge is -2.41. The van der Waals surface area contributed by atoms with Crippen molar-refractivity contribution in [2.75, 3.05) is 38.1 Å². The molecule has 1 aromatic rings. The maximum Gasteiger partial charge on any atom is 0.269 e. The first-order chi connectivity index (χ1) is 8.61. The van der Waals surface area contributed by atoms with E-state index in [1.165, 1.54) is 0 Å². The van der Waals surface area contributed by atoms with Crippen LogP contribution in [-0.4, -0.2) is 49.1 Å². The van der Waals surface area contributed by atoms with Gasteiger partial charge >= 0.3 is 0 Å². The van der Waals surface area contributed by atoms with E-state index in [4.69, 9.17) is 5.73 Å². The number of nitrogens with zero attached hydrogens (tertiary/aromatic N) is 3. The molecule has 0 saturated carbocycles. The Bertz CT molecular complexity index is 421. The van der Waals surface area contributed by atoms with E-state index in [2.05, 4.69) is 16.8 Å². The number of nitro benzene ring substituents is 1. The summed E-state index contributed by atoms with van der Waals surface area (Å²) in [5, 5.41) is 10.6. The smallest absolute Gasteiger partial charge is 0.269 e. The lowest BCUT2D eigenvalue weighted by atomic mass is 10.1. The number of anilines is 1. The van der Waals surface area contributed by atoms with E-state index in [9.17, 15) is 10.1 Å². The minimum absolute atomic E-state index is 0.122. The summed E-state index contributed by atoms with van der Waals surface area (Å²) in [6.07, 6.45) is 0. The Morgan fingerprint density at radius 2 is 2.06 bits per heavy atom. The summed E-state index contributed by atoms with van der Waals surface area (Å²) < 4.78 is 0. The molecule has 0 bridgehead atoms. The average Bonchev–Trinajstić information content (AvgIpc) is 2.38. The molecule has 6 nitrogen and oxygen atoms in total. The van der Waals surface area contributed by atoms with Crippen LogP contribution in [0.15, 0.2) is 24.3 Å². The van der Waals surface area contributed by atoms with Crippen LogP contribution in [0.25, 0.3) is 0 Å². The van der Waals surface area contributed by atoms with Crippen LogP contribution in [0.5, 0.6) is 0 Å². The number of piperazine rings is 1. The molecule has 1 saturated heterocycles. The Balaban J connectivity index is 2.17. The summed E-state index contributed by atoms with van der Waals surface area (Å²) in [5.41, 5.74) is 6.92. The van der Waals surface area contributed by atoms with E-state index >= 15 is 0 Å². The zero-order chi connectivity index (χ0) is 13.1. The molecule has 98 valence electrons. The highest BCUT2D eigenvalue weighted by molar-refractivity contribution is 5.52. The maximum absolute atomic E-state index is 10.6. The third kappa shape index (κ3) is 2.60. The molecular weight excluding hydrogens is 232 g/mol. The molecule has 6 heteroatoms. The van der Waals surface area contributed by atoms with Crippen molar-refractivity contribution in [1.29, 1.82) is 0 Å². The van der Waals surface area contributed by atoms with Gasteiger partial charge in [-0.3, -0.25) is 10.1 Å². The SMILES string of the molecule is CN1CCN(c2ccc([N+](=O)[O-])cc2)C(CN)C1. The van der Waals surface area contributed by atoms with Crippen LogP contribution in [0.4, 0.5) is 11.4 Å². The summed E-state index contributed by atoms with van der Waals surface area (Å²) in [6, 6.07) is 6.95. The Hall–Kier alpha value is -1.66. The first-order valence-electron chi connectivity index (χ1n) is 6.01. The minimum Gasteiger partial charge on any atom is -0.365 e. The van der Waals surface area contributed by atoms with Crippen LogP contribution in [-0.2, 0) is 0 Å². The van der Waals surface area contributed by atoms with Crippen LogP contribution >= 0.6 is 0 Å². The lowest BCUT2D eigenvalue weighted by Crippen LogP contribution is -2.55. The average molecular weight is 250 g/mol. The molecule has 1 atom stereocenters. The Labute approximate surface area is 106 Å². The molecule has 1 aromatic carbocycles. The topological polar surface area (TPSA) is 75.6 Å². The van der Waals surface area contributed by atoms with Gasteiger partial charge in [0.1, 0.15) is 0 Å². The molecule has 2 rings (SSSR count). The number of rotatable bonds is 3. The van der Waals surface area contributed by atoms with Gasteiger partial charge in [0.05, 0.1) is 11.0 Å². The van der Waals surface area contributed by atoms with Crippen molar-refractivity contribution >= 4 is 11.4 Å². The fourth-order valence-electron chi connectivity index (χ4n) is 2.32. The number of nitrogens with two attached hydrogens (primary N) is 1. The largest absolute Gasteiger partial charge is 0.365 e. The fourth-order valence-corrected chi connectivity index (χ4v) is 2.32. The van der Waals surface area contributed by atoms with E-state index in [-0.39, 0.29) is 16.7 Å². The van der Waals surface area contributed by atoms with Crippen molar-refractivity contribution in [3.8, 4) is 0 Å². The molecule has 1 heterocycles. The molecule has 2 N–H and O–H groups in total. The second-order valence-corrected chi connectivity index (χ2v) is 4.62. The quantitative estimate of drug-likeness (QED) is 0.630. The number of likely N-dealkylation sites (N-methyl/N-ethyl adjacent to an activating group) is 1. The number of hydrogen-bond acceptors (Lipinski definition) is 5. The number of benzene rings is 1. The molecule has 0 aliphatic carbocycles. The summed E-state index contributed by atoms with van der Waals surface area (Å²) in [4.78, 5) is 14.7. The van der Waals surface area contributed by atoms with E-state index in [0.717, 1.165) is 25.3 Å². The first kappa shape index (κ1) is 12.8. The normalized spacial score (nSPS) is 21.0. The summed E-state index contributed by atoms with van der Waals surface area (Å²) in [7, 11) is 2.08. The van der Waals surface area contributed by atoms with Crippen molar-refractivity contribution in [3.63, 3.8) is 0 Å². The summed E-state index contributed by atoms with van der Waals surface area (Å²) in [5.74, 6) is 0. The van der Waals surface area contributed by atoms with Crippen molar-refractivity contribution in [3.05, 3.63) is 34.4 Å². The Morgan fingerprint density at radius 3 is 2.61 bits per heavy atom. The molecule has 0 spiro atoms. The molecule has 0 amide bonds. The third-order valence-electron chi connectivity index (χ3n) is 3.35. The van der Waals surface area contributed by atoms with Gasteiger partial charge in [0, 0.05) is 44.0 Å². The van der Waals surface area contributed by atoms with E-state index < -0.39 is 0 Å². The highest BCUT2D eigenvalue weighted by Crippen LogP contribution is 2.22. The molecular formula is C12H18N4O2. The third-order valence-corrected chi connectivity index (χ3v) is 3.35. The molecule has 1 aliphatic rings. The van der Waals surface area contributed by atoms with Crippen molar-refractivity contribution < 1.29 is 4.92 Å². The van der Waals surface area contributed by atoms with Gasteiger partial charge in [-0.15, -0.1) is 0 Å². The zero-order valence-corrected chi connectivity index (χ0v) is 10.5. The predicted octanol–water partition coefficient (Wildman–Crippen LogP) is 0.674. The van der Waals surface area contributed by atoms with E-state index in [1.807, 2.05) is 0 Å². The van der Waals surface area contributed by atoms with Gasteiger partial charge in [-0.1, -0.05) is 0 Å². The molecule has 1 aliphatic heterocycles. The van der Waals surface area contributed by atoms with Gasteiger partial charge < -0.3 is 15.5 Å². The second kappa shape index (κ2) is 5.32. The van der Waals surface area contributed by atoms with Gasteiger partial charge in [-0.25, -0.2) is 0 Å². The van der Waals surface area contributed by atoms with E-state index in [1.54, 1.807) is 24.3 Å². The maximum atomic E-state index is 10.6.